The first-order chi connectivity index (χ1) is 7.15. The number of rotatable bonds is 2. The number of nitrogens with zero attached hydrogens (tertiary/aromatic N) is 1. The highest BCUT2D eigenvalue weighted by Gasteiger charge is 2.26. The van der Waals surface area contributed by atoms with Crippen LogP contribution in [0.25, 0.3) is 0 Å². The van der Waals surface area contributed by atoms with Crippen LogP contribution in [0.5, 0.6) is 0 Å². The third kappa shape index (κ3) is 2.33. The van der Waals surface area contributed by atoms with E-state index in [9.17, 15) is 9.59 Å². The summed E-state index contributed by atoms with van der Waals surface area (Å²) < 4.78 is 0. The second-order valence-electron chi connectivity index (χ2n) is 3.42. The molecule has 2 N–H and O–H groups in total. The van der Waals surface area contributed by atoms with Crippen LogP contribution in [0.1, 0.15) is 17.7 Å². The molecular formula is C9H11N3O2S. The van der Waals surface area contributed by atoms with Crippen molar-refractivity contribution in [2.24, 2.45) is 0 Å². The number of carbonyl (C=O) groups is 2. The van der Waals surface area contributed by atoms with E-state index in [1.165, 1.54) is 11.3 Å². The van der Waals surface area contributed by atoms with Crippen LogP contribution in [0.15, 0.2) is 6.20 Å². The number of aromatic nitrogens is 1. The molecule has 6 heteroatoms. The van der Waals surface area contributed by atoms with Gasteiger partial charge in [0.05, 0.1) is 0 Å². The lowest BCUT2D eigenvalue weighted by molar-refractivity contribution is -0.133. The van der Waals surface area contributed by atoms with E-state index in [-0.39, 0.29) is 17.9 Å². The molecule has 0 saturated carbocycles. The molecule has 1 saturated heterocycles. The maximum Gasteiger partial charge on any atom is 0.249 e. The summed E-state index contributed by atoms with van der Waals surface area (Å²) in [6, 6.07) is -0.340. The quantitative estimate of drug-likeness (QED) is 0.726. The zero-order valence-corrected chi connectivity index (χ0v) is 9.06. The molecule has 0 aromatic carbocycles. The van der Waals surface area contributed by atoms with Gasteiger partial charge in [0.15, 0.2) is 5.13 Å². The number of hydrogen-bond acceptors (Lipinski definition) is 5. The molecule has 2 rings (SSSR count). The Hall–Kier alpha value is -1.43. The van der Waals surface area contributed by atoms with E-state index in [1.807, 2.05) is 6.92 Å². The highest BCUT2D eigenvalue weighted by molar-refractivity contribution is 7.15. The molecule has 0 spiro atoms. The molecule has 1 aromatic rings. The van der Waals surface area contributed by atoms with Crippen molar-refractivity contribution in [3.8, 4) is 0 Å². The van der Waals surface area contributed by atoms with Crippen LogP contribution in [0.2, 0.25) is 0 Å². The van der Waals surface area contributed by atoms with Crippen molar-refractivity contribution in [2.75, 3.05) is 5.32 Å². The highest BCUT2D eigenvalue weighted by atomic mass is 32.1. The number of carbonyl (C=O) groups excluding carboxylic acids is 2. The van der Waals surface area contributed by atoms with E-state index in [0.29, 0.717) is 12.8 Å². The summed E-state index contributed by atoms with van der Waals surface area (Å²) in [6.45, 7) is 1.95. The highest BCUT2D eigenvalue weighted by Crippen LogP contribution is 2.19. The van der Waals surface area contributed by atoms with E-state index < -0.39 is 0 Å². The topological polar surface area (TPSA) is 71.1 Å². The van der Waals surface area contributed by atoms with Crippen molar-refractivity contribution >= 4 is 28.3 Å². The number of nitrogens with one attached hydrogen (secondary N) is 2. The summed E-state index contributed by atoms with van der Waals surface area (Å²) in [5.74, 6) is -0.465. The Balaban J connectivity index is 2.00. The Kier molecular flexibility index (Phi) is 2.68. The van der Waals surface area contributed by atoms with Gasteiger partial charge in [0.2, 0.25) is 11.8 Å². The zero-order valence-electron chi connectivity index (χ0n) is 8.24. The summed E-state index contributed by atoms with van der Waals surface area (Å²) >= 11 is 1.50. The molecule has 1 unspecified atom stereocenters. The minimum atomic E-state index is -0.340. The van der Waals surface area contributed by atoms with Crippen molar-refractivity contribution in [3.63, 3.8) is 0 Å². The van der Waals surface area contributed by atoms with Gasteiger partial charge in [-0.3, -0.25) is 14.9 Å². The van der Waals surface area contributed by atoms with Crippen LogP contribution in [-0.2, 0) is 9.59 Å². The molecule has 80 valence electrons. The van der Waals surface area contributed by atoms with Crippen molar-refractivity contribution in [3.05, 3.63) is 11.1 Å². The van der Waals surface area contributed by atoms with Gasteiger partial charge in [-0.15, -0.1) is 11.3 Å². The van der Waals surface area contributed by atoms with Gasteiger partial charge in [0.1, 0.15) is 6.04 Å². The monoisotopic (exact) mass is 225 g/mol. The number of hydrogen-bond donors (Lipinski definition) is 2. The third-order valence-corrected chi connectivity index (χ3v) is 3.00. The fourth-order valence-electron chi connectivity index (χ4n) is 1.40. The predicted octanol–water partition coefficient (Wildman–Crippen LogP) is 0.669. The van der Waals surface area contributed by atoms with E-state index in [1.54, 1.807) is 6.20 Å². The minimum Gasteiger partial charge on any atom is -0.350 e. The standard InChI is InChI=1S/C9H11N3O2S/c1-5-4-10-9(15-5)11-6-2-3-7(13)12-8(6)14/h4,6H,2-3H2,1H3,(H,10,11)(H,12,13,14). The van der Waals surface area contributed by atoms with Crippen LogP contribution in [0.4, 0.5) is 5.13 Å². The number of imide groups is 1. The Morgan fingerprint density at radius 2 is 2.40 bits per heavy atom. The fourth-order valence-corrected chi connectivity index (χ4v) is 2.12. The second kappa shape index (κ2) is 3.98. The van der Waals surface area contributed by atoms with Crippen molar-refractivity contribution in [2.45, 2.75) is 25.8 Å². The first-order valence-electron chi connectivity index (χ1n) is 4.68. The van der Waals surface area contributed by atoms with Gasteiger partial charge < -0.3 is 5.32 Å². The van der Waals surface area contributed by atoms with Gasteiger partial charge >= 0.3 is 0 Å². The summed E-state index contributed by atoms with van der Waals surface area (Å²) in [5.41, 5.74) is 0. The van der Waals surface area contributed by atoms with Gasteiger partial charge in [-0.25, -0.2) is 4.98 Å². The van der Waals surface area contributed by atoms with Crippen LogP contribution < -0.4 is 10.6 Å². The maximum atomic E-state index is 11.4. The smallest absolute Gasteiger partial charge is 0.249 e. The molecule has 1 fully saturated rings. The molecule has 0 bridgehead atoms. The Bertz CT molecular complexity index is 402. The average molecular weight is 225 g/mol. The first-order valence-corrected chi connectivity index (χ1v) is 5.49. The largest absolute Gasteiger partial charge is 0.350 e. The molecule has 0 aliphatic carbocycles. The van der Waals surface area contributed by atoms with Gasteiger partial charge in [-0.1, -0.05) is 0 Å². The van der Waals surface area contributed by atoms with Crippen molar-refractivity contribution < 1.29 is 9.59 Å². The Morgan fingerprint density at radius 3 is 3.00 bits per heavy atom. The average Bonchev–Trinajstić information content (AvgIpc) is 2.56. The predicted molar refractivity (Wildman–Crippen MR) is 56.6 cm³/mol. The van der Waals surface area contributed by atoms with Gasteiger partial charge in [-0.2, -0.15) is 0 Å². The zero-order chi connectivity index (χ0) is 10.8. The lowest BCUT2D eigenvalue weighted by Gasteiger charge is -2.21. The molecule has 5 nitrogen and oxygen atoms in total. The Labute approximate surface area is 90.9 Å². The second-order valence-corrected chi connectivity index (χ2v) is 4.66. The molecular weight excluding hydrogens is 214 g/mol. The van der Waals surface area contributed by atoms with E-state index in [4.69, 9.17) is 0 Å². The molecule has 1 aromatic heterocycles. The van der Waals surface area contributed by atoms with Crippen molar-refractivity contribution in [1.29, 1.82) is 0 Å². The summed E-state index contributed by atoms with van der Waals surface area (Å²) in [5, 5.41) is 6.03. The van der Waals surface area contributed by atoms with Crippen LogP contribution in [0.3, 0.4) is 0 Å². The van der Waals surface area contributed by atoms with E-state index in [2.05, 4.69) is 15.6 Å². The summed E-state index contributed by atoms with van der Waals surface area (Å²) in [7, 11) is 0. The van der Waals surface area contributed by atoms with E-state index in [0.717, 1.165) is 10.0 Å². The lowest BCUT2D eigenvalue weighted by atomic mass is 10.1. The summed E-state index contributed by atoms with van der Waals surface area (Å²) in [4.78, 5) is 27.5. The first kappa shape index (κ1) is 10.1. The number of amides is 2. The Morgan fingerprint density at radius 1 is 1.60 bits per heavy atom. The number of thiazole rings is 1. The van der Waals surface area contributed by atoms with Gasteiger partial charge in [0.25, 0.3) is 0 Å². The normalized spacial score (nSPS) is 21.3. The molecule has 15 heavy (non-hydrogen) atoms. The lowest BCUT2D eigenvalue weighted by Crippen LogP contribution is -2.47. The number of piperidine rings is 1. The fraction of sp³-hybridized carbons (Fsp3) is 0.444. The molecule has 1 atom stereocenters. The molecule has 1 aliphatic heterocycles. The van der Waals surface area contributed by atoms with Crippen LogP contribution >= 0.6 is 11.3 Å². The SMILES string of the molecule is Cc1cnc(NC2CCC(=O)NC2=O)s1. The molecule has 1 aliphatic rings. The van der Waals surface area contributed by atoms with E-state index >= 15 is 0 Å². The van der Waals surface area contributed by atoms with Gasteiger partial charge in [0, 0.05) is 17.5 Å². The third-order valence-electron chi connectivity index (χ3n) is 2.16. The number of aryl methyl sites for hydroxylation is 1. The van der Waals surface area contributed by atoms with Crippen molar-refractivity contribution in [1.82, 2.24) is 10.3 Å². The molecule has 2 heterocycles. The minimum absolute atomic E-state index is 0.201. The maximum absolute atomic E-state index is 11.4. The van der Waals surface area contributed by atoms with Crippen LogP contribution in [-0.4, -0.2) is 22.8 Å². The molecule has 2 amide bonds. The number of anilines is 1. The van der Waals surface area contributed by atoms with Gasteiger partial charge in [-0.05, 0) is 13.3 Å². The van der Waals surface area contributed by atoms with Crippen LogP contribution in [0, 0.1) is 6.92 Å². The molecule has 0 radical (unpaired) electrons. The summed E-state index contributed by atoms with van der Waals surface area (Å²) in [6.07, 6.45) is 2.66.